The number of hydrogen-bond acceptors (Lipinski definition) is 3. The molecule has 3 rings (SSSR count). The zero-order valence-corrected chi connectivity index (χ0v) is 16.2. The maximum absolute atomic E-state index is 12.8. The summed E-state index contributed by atoms with van der Waals surface area (Å²) in [5.74, 6) is 0.346. The van der Waals surface area contributed by atoms with Crippen molar-refractivity contribution in [2.45, 2.75) is 44.1 Å². The van der Waals surface area contributed by atoms with E-state index >= 15 is 0 Å². The van der Waals surface area contributed by atoms with Crippen LogP contribution < -0.4 is 5.32 Å². The lowest BCUT2D eigenvalue weighted by Crippen LogP contribution is -2.35. The van der Waals surface area contributed by atoms with Crippen LogP contribution in [0.2, 0.25) is 5.02 Å². The van der Waals surface area contributed by atoms with E-state index < -0.39 is 0 Å². The number of benzene rings is 1. The molecule has 140 valence electrons. The number of H-pyrrole nitrogens is 1. The zero-order chi connectivity index (χ0) is 18.5. The number of halogens is 1. The van der Waals surface area contributed by atoms with Crippen molar-refractivity contribution in [3.8, 4) is 0 Å². The van der Waals surface area contributed by atoms with Crippen LogP contribution in [0.15, 0.2) is 30.5 Å². The van der Waals surface area contributed by atoms with Gasteiger partial charge in [-0.3, -0.25) is 9.89 Å². The summed E-state index contributed by atoms with van der Waals surface area (Å²) >= 11 is 6.35. The van der Waals surface area contributed by atoms with Crippen LogP contribution in [0.5, 0.6) is 0 Å². The third-order valence-electron chi connectivity index (χ3n) is 5.27. The quantitative estimate of drug-likeness (QED) is 0.798. The van der Waals surface area contributed by atoms with E-state index in [1.165, 1.54) is 19.3 Å². The molecule has 5 nitrogen and oxygen atoms in total. The van der Waals surface area contributed by atoms with E-state index in [0.29, 0.717) is 23.0 Å². The van der Waals surface area contributed by atoms with Crippen LogP contribution in [0.1, 0.15) is 65.7 Å². The van der Waals surface area contributed by atoms with Gasteiger partial charge in [-0.15, -0.1) is 0 Å². The van der Waals surface area contributed by atoms with Crippen LogP contribution in [0, 0.1) is 0 Å². The Labute approximate surface area is 160 Å². The first-order chi connectivity index (χ1) is 12.6. The minimum Gasteiger partial charge on any atom is -0.350 e. The van der Waals surface area contributed by atoms with E-state index in [2.05, 4.69) is 20.4 Å². The Morgan fingerprint density at radius 1 is 1.31 bits per heavy atom. The number of nitrogens with zero attached hydrogens (tertiary/aromatic N) is 2. The number of amides is 1. The van der Waals surface area contributed by atoms with Gasteiger partial charge in [0.25, 0.3) is 5.91 Å². The molecule has 1 aromatic heterocycles. The third-order valence-corrected chi connectivity index (χ3v) is 5.61. The van der Waals surface area contributed by atoms with Gasteiger partial charge in [0.05, 0.1) is 23.5 Å². The molecule has 1 saturated carbocycles. The predicted molar refractivity (Wildman–Crippen MR) is 105 cm³/mol. The van der Waals surface area contributed by atoms with Crippen molar-refractivity contribution in [1.82, 2.24) is 20.4 Å². The Morgan fingerprint density at radius 3 is 2.73 bits per heavy atom. The number of nitrogens with one attached hydrogen (secondary N) is 2. The molecule has 1 atom stereocenters. The fraction of sp³-hybridized carbons (Fsp3) is 0.500. The van der Waals surface area contributed by atoms with Crippen LogP contribution in [0.25, 0.3) is 0 Å². The Hall–Kier alpha value is -1.85. The average molecular weight is 375 g/mol. The average Bonchev–Trinajstić information content (AvgIpc) is 3.13. The second-order valence-corrected chi connectivity index (χ2v) is 7.65. The molecule has 0 radical (unpaired) electrons. The zero-order valence-electron chi connectivity index (χ0n) is 15.5. The first kappa shape index (κ1) is 18.9. The van der Waals surface area contributed by atoms with Gasteiger partial charge >= 0.3 is 0 Å². The van der Waals surface area contributed by atoms with Crippen molar-refractivity contribution in [2.75, 3.05) is 20.6 Å². The van der Waals surface area contributed by atoms with Crippen molar-refractivity contribution >= 4 is 17.5 Å². The molecule has 0 spiro atoms. The molecule has 1 aliphatic carbocycles. The van der Waals surface area contributed by atoms with Gasteiger partial charge in [0.15, 0.2) is 0 Å². The maximum Gasteiger partial charge on any atom is 0.254 e. The van der Waals surface area contributed by atoms with Crippen molar-refractivity contribution < 1.29 is 4.79 Å². The smallest absolute Gasteiger partial charge is 0.254 e. The molecule has 1 unspecified atom stereocenters. The number of rotatable bonds is 6. The fourth-order valence-electron chi connectivity index (χ4n) is 3.78. The van der Waals surface area contributed by atoms with E-state index in [0.717, 1.165) is 24.1 Å². The SMILES string of the molecule is CN(C)C(CNC(=O)c1cn[nH]c1C1CCCCC1)c1ccccc1Cl. The number of hydrogen-bond donors (Lipinski definition) is 2. The molecule has 26 heavy (non-hydrogen) atoms. The lowest BCUT2D eigenvalue weighted by atomic mass is 9.85. The van der Waals surface area contributed by atoms with Gasteiger partial charge in [-0.1, -0.05) is 49.1 Å². The molecule has 6 heteroatoms. The maximum atomic E-state index is 12.8. The van der Waals surface area contributed by atoms with Gasteiger partial charge < -0.3 is 10.2 Å². The molecule has 1 heterocycles. The highest BCUT2D eigenvalue weighted by Crippen LogP contribution is 2.33. The number of aromatic nitrogens is 2. The summed E-state index contributed by atoms with van der Waals surface area (Å²) in [6.07, 6.45) is 7.64. The molecule has 1 fully saturated rings. The summed E-state index contributed by atoms with van der Waals surface area (Å²) in [7, 11) is 3.98. The molecule has 2 N–H and O–H groups in total. The van der Waals surface area contributed by atoms with Crippen molar-refractivity contribution in [1.29, 1.82) is 0 Å². The van der Waals surface area contributed by atoms with Gasteiger partial charge in [-0.25, -0.2) is 0 Å². The first-order valence-electron chi connectivity index (χ1n) is 9.30. The van der Waals surface area contributed by atoms with E-state index in [4.69, 9.17) is 11.6 Å². The molecular weight excluding hydrogens is 348 g/mol. The van der Waals surface area contributed by atoms with Crippen LogP contribution in [-0.2, 0) is 0 Å². The normalized spacial score (nSPS) is 16.6. The number of aromatic amines is 1. The van der Waals surface area contributed by atoms with Gasteiger partial charge in [0.2, 0.25) is 0 Å². The van der Waals surface area contributed by atoms with Crippen LogP contribution >= 0.6 is 11.6 Å². The minimum atomic E-state index is -0.0711. The largest absolute Gasteiger partial charge is 0.350 e. The minimum absolute atomic E-state index is 0.0117. The van der Waals surface area contributed by atoms with E-state index in [9.17, 15) is 4.79 Å². The Bertz CT molecular complexity index is 737. The molecular formula is C20H27ClN4O. The summed E-state index contributed by atoms with van der Waals surface area (Å²) in [6, 6.07) is 7.78. The molecule has 0 bridgehead atoms. The van der Waals surface area contributed by atoms with Gasteiger partial charge in [-0.2, -0.15) is 5.10 Å². The van der Waals surface area contributed by atoms with Gasteiger partial charge in [-0.05, 0) is 38.6 Å². The number of carbonyl (C=O) groups excluding carboxylic acids is 1. The van der Waals surface area contributed by atoms with Gasteiger partial charge in [0.1, 0.15) is 0 Å². The highest BCUT2D eigenvalue weighted by molar-refractivity contribution is 6.31. The van der Waals surface area contributed by atoms with E-state index in [1.807, 2.05) is 38.4 Å². The van der Waals surface area contributed by atoms with E-state index in [-0.39, 0.29) is 11.9 Å². The molecule has 1 aliphatic rings. The predicted octanol–water partition coefficient (Wildman–Crippen LogP) is 4.14. The monoisotopic (exact) mass is 374 g/mol. The van der Waals surface area contributed by atoms with Crippen LogP contribution in [0.3, 0.4) is 0 Å². The summed E-state index contributed by atoms with van der Waals surface area (Å²) in [5, 5.41) is 11.0. The summed E-state index contributed by atoms with van der Waals surface area (Å²) in [6.45, 7) is 0.491. The highest BCUT2D eigenvalue weighted by atomic mass is 35.5. The molecule has 0 saturated heterocycles. The van der Waals surface area contributed by atoms with Crippen LogP contribution in [0.4, 0.5) is 0 Å². The first-order valence-corrected chi connectivity index (χ1v) is 9.68. The van der Waals surface area contributed by atoms with Crippen molar-refractivity contribution in [3.63, 3.8) is 0 Å². The van der Waals surface area contributed by atoms with Crippen LogP contribution in [-0.4, -0.2) is 41.6 Å². The third kappa shape index (κ3) is 4.27. The van der Waals surface area contributed by atoms with E-state index in [1.54, 1.807) is 6.20 Å². The lowest BCUT2D eigenvalue weighted by Gasteiger charge is -2.26. The number of carbonyl (C=O) groups is 1. The topological polar surface area (TPSA) is 61.0 Å². The van der Waals surface area contributed by atoms with Gasteiger partial charge in [0, 0.05) is 17.5 Å². The van der Waals surface area contributed by atoms with Crippen molar-refractivity contribution in [2.24, 2.45) is 0 Å². The molecule has 0 aliphatic heterocycles. The number of likely N-dealkylation sites (N-methyl/N-ethyl adjacent to an activating group) is 1. The Balaban J connectivity index is 1.70. The Morgan fingerprint density at radius 2 is 2.04 bits per heavy atom. The van der Waals surface area contributed by atoms with Crippen molar-refractivity contribution in [3.05, 3.63) is 52.3 Å². The highest BCUT2D eigenvalue weighted by Gasteiger charge is 2.24. The summed E-state index contributed by atoms with van der Waals surface area (Å²) < 4.78 is 0. The second kappa shape index (κ2) is 8.69. The fourth-order valence-corrected chi connectivity index (χ4v) is 4.04. The molecule has 1 amide bonds. The molecule has 2 aromatic rings. The summed E-state index contributed by atoms with van der Waals surface area (Å²) in [5.41, 5.74) is 2.68. The Kier molecular flexibility index (Phi) is 6.33. The second-order valence-electron chi connectivity index (χ2n) is 7.24. The lowest BCUT2D eigenvalue weighted by molar-refractivity contribution is 0.0940. The standard InChI is InChI=1S/C20H27ClN4O/c1-25(2)18(15-10-6-7-11-17(15)21)13-22-20(26)16-12-23-24-19(16)14-8-4-3-5-9-14/h6-7,10-12,14,18H,3-5,8-9,13H2,1-2H3,(H,22,26)(H,23,24). The molecule has 1 aromatic carbocycles. The summed E-state index contributed by atoms with van der Waals surface area (Å²) in [4.78, 5) is 14.9.